The first-order chi connectivity index (χ1) is 10.9. The summed E-state index contributed by atoms with van der Waals surface area (Å²) < 4.78 is 24.6. The average molecular weight is 355 g/mol. The molecule has 0 radical (unpaired) electrons. The number of hydrogen-bond acceptors (Lipinski definition) is 6. The Morgan fingerprint density at radius 2 is 2.17 bits per heavy atom. The van der Waals surface area contributed by atoms with E-state index in [1.54, 1.807) is 17.7 Å². The van der Waals surface area contributed by atoms with E-state index < -0.39 is 10.0 Å². The number of nitrogens with zero attached hydrogens (tertiary/aromatic N) is 2. The lowest BCUT2D eigenvalue weighted by molar-refractivity contribution is 0.509. The van der Waals surface area contributed by atoms with Gasteiger partial charge in [-0.3, -0.25) is 0 Å². The number of sulfonamides is 1. The van der Waals surface area contributed by atoms with Crippen LogP contribution in [0.25, 0.3) is 10.2 Å². The van der Waals surface area contributed by atoms with Gasteiger partial charge in [0.2, 0.25) is 10.0 Å². The van der Waals surface area contributed by atoms with Crippen molar-refractivity contribution in [3.8, 4) is 0 Å². The summed E-state index contributed by atoms with van der Waals surface area (Å²) in [6, 6.07) is 0. The fourth-order valence-electron chi connectivity index (χ4n) is 2.96. The van der Waals surface area contributed by atoms with E-state index in [1.807, 2.05) is 0 Å². The van der Waals surface area contributed by atoms with Gasteiger partial charge in [0.05, 0.1) is 11.6 Å². The molecule has 1 atom stereocenters. The second kappa shape index (κ2) is 6.70. The Morgan fingerprint density at radius 1 is 1.35 bits per heavy atom. The first-order valence-electron chi connectivity index (χ1n) is 7.88. The van der Waals surface area contributed by atoms with E-state index >= 15 is 0 Å². The minimum absolute atomic E-state index is 0.430. The van der Waals surface area contributed by atoms with Crippen molar-refractivity contribution in [2.45, 2.75) is 32.6 Å². The Bertz CT molecular complexity index is 801. The summed E-state index contributed by atoms with van der Waals surface area (Å²) >= 11 is 1.78. The lowest BCUT2D eigenvalue weighted by Gasteiger charge is -2.18. The highest BCUT2D eigenvalue weighted by Crippen LogP contribution is 2.39. The molecule has 0 bridgehead atoms. The zero-order chi connectivity index (χ0) is 16.4. The Balaban J connectivity index is 1.71. The smallest absolute Gasteiger partial charge is 0.208 e. The zero-order valence-electron chi connectivity index (χ0n) is 13.4. The fraction of sp³-hybridized carbons (Fsp3) is 0.600. The maximum atomic E-state index is 11.0. The van der Waals surface area contributed by atoms with Crippen LogP contribution in [-0.4, -0.2) is 37.7 Å². The normalized spacial score (nSPS) is 18.1. The van der Waals surface area contributed by atoms with E-state index in [-0.39, 0.29) is 0 Å². The van der Waals surface area contributed by atoms with Crippen LogP contribution in [0.4, 0.5) is 5.82 Å². The van der Waals surface area contributed by atoms with Gasteiger partial charge in [-0.25, -0.2) is 23.1 Å². The maximum absolute atomic E-state index is 11.0. The number of rotatable bonds is 6. The number of fused-ring (bicyclic) bond motifs is 3. The second-order valence-corrected chi connectivity index (χ2v) is 9.12. The molecule has 2 aromatic heterocycles. The van der Waals surface area contributed by atoms with Gasteiger partial charge in [0, 0.05) is 18.0 Å². The molecule has 1 aliphatic rings. The molecule has 2 aromatic rings. The number of hydrogen-bond donors (Lipinski definition) is 2. The lowest BCUT2D eigenvalue weighted by atomic mass is 9.89. The van der Waals surface area contributed by atoms with E-state index in [1.165, 1.54) is 23.1 Å². The third-order valence-electron chi connectivity index (χ3n) is 4.10. The number of aromatic nitrogens is 2. The molecule has 23 heavy (non-hydrogen) atoms. The SMILES string of the molecule is CC1CCc2c(sc3ncnc(NCCCNS(C)(=O)=O)c23)C1. The third-order valence-corrected chi connectivity index (χ3v) is 5.99. The van der Waals surface area contributed by atoms with Gasteiger partial charge in [0.1, 0.15) is 17.0 Å². The van der Waals surface area contributed by atoms with Crippen molar-refractivity contribution in [1.82, 2.24) is 14.7 Å². The van der Waals surface area contributed by atoms with Gasteiger partial charge in [-0.2, -0.15) is 0 Å². The van der Waals surface area contributed by atoms with Crippen LogP contribution in [0.3, 0.4) is 0 Å². The van der Waals surface area contributed by atoms with Crippen molar-refractivity contribution in [2.24, 2.45) is 5.92 Å². The van der Waals surface area contributed by atoms with Gasteiger partial charge < -0.3 is 5.32 Å². The van der Waals surface area contributed by atoms with E-state index in [9.17, 15) is 8.42 Å². The molecule has 126 valence electrons. The van der Waals surface area contributed by atoms with E-state index in [2.05, 4.69) is 26.9 Å². The maximum Gasteiger partial charge on any atom is 0.208 e. The van der Waals surface area contributed by atoms with Crippen LogP contribution in [0.1, 0.15) is 30.2 Å². The zero-order valence-corrected chi connectivity index (χ0v) is 15.1. The monoisotopic (exact) mass is 354 g/mol. The van der Waals surface area contributed by atoms with Gasteiger partial charge in [0.15, 0.2) is 0 Å². The molecule has 0 aliphatic heterocycles. The average Bonchev–Trinajstić information content (AvgIpc) is 2.83. The molecule has 2 N–H and O–H groups in total. The second-order valence-electron chi connectivity index (χ2n) is 6.20. The Kier molecular flexibility index (Phi) is 4.84. The molecule has 1 unspecified atom stereocenters. The standard InChI is InChI=1S/C15H22N4O2S2/c1-10-4-5-11-12(8-10)22-15-13(11)14(17-9-18-15)16-6-3-7-19-23(2,20)21/h9-10,19H,3-8H2,1-2H3,(H,16,17,18). The predicted molar refractivity (Wildman–Crippen MR) is 94.6 cm³/mol. The molecule has 8 heteroatoms. The molecular formula is C15H22N4O2S2. The number of aryl methyl sites for hydroxylation is 1. The Morgan fingerprint density at radius 3 is 2.96 bits per heavy atom. The fourth-order valence-corrected chi connectivity index (χ4v) is 4.83. The summed E-state index contributed by atoms with van der Waals surface area (Å²) in [5.74, 6) is 1.61. The molecular weight excluding hydrogens is 332 g/mol. The van der Waals surface area contributed by atoms with Crippen molar-refractivity contribution >= 4 is 37.4 Å². The summed E-state index contributed by atoms with van der Waals surface area (Å²) in [6.07, 6.45) is 6.92. The lowest BCUT2D eigenvalue weighted by Crippen LogP contribution is -2.24. The molecule has 0 saturated heterocycles. The van der Waals surface area contributed by atoms with Crippen LogP contribution in [0, 0.1) is 5.92 Å². The van der Waals surface area contributed by atoms with E-state index in [0.29, 0.717) is 19.5 Å². The molecule has 2 heterocycles. The topological polar surface area (TPSA) is 84.0 Å². The van der Waals surface area contributed by atoms with Gasteiger partial charge in [-0.15, -0.1) is 11.3 Å². The Hall–Kier alpha value is -1.25. The largest absolute Gasteiger partial charge is 0.369 e. The van der Waals surface area contributed by atoms with Crippen LogP contribution < -0.4 is 10.0 Å². The third kappa shape index (κ3) is 3.99. The van der Waals surface area contributed by atoms with Crippen molar-refractivity contribution in [1.29, 1.82) is 0 Å². The van der Waals surface area contributed by atoms with Crippen molar-refractivity contribution < 1.29 is 8.42 Å². The molecule has 0 aromatic carbocycles. The van der Waals surface area contributed by atoms with Crippen molar-refractivity contribution in [3.05, 3.63) is 16.8 Å². The highest BCUT2D eigenvalue weighted by Gasteiger charge is 2.22. The van der Waals surface area contributed by atoms with Crippen LogP contribution in [-0.2, 0) is 22.9 Å². The molecule has 0 saturated carbocycles. The van der Waals surface area contributed by atoms with Gasteiger partial charge in [-0.05, 0) is 37.2 Å². The number of anilines is 1. The number of thiophene rings is 1. The summed E-state index contributed by atoms with van der Waals surface area (Å²) in [6.45, 7) is 3.40. The number of nitrogens with one attached hydrogen (secondary N) is 2. The van der Waals surface area contributed by atoms with Gasteiger partial charge >= 0.3 is 0 Å². The predicted octanol–water partition coefficient (Wildman–Crippen LogP) is 2.17. The first kappa shape index (κ1) is 16.6. The molecule has 0 fully saturated rings. The van der Waals surface area contributed by atoms with Crippen LogP contribution >= 0.6 is 11.3 Å². The highest BCUT2D eigenvalue weighted by atomic mass is 32.2. The van der Waals surface area contributed by atoms with Crippen LogP contribution in [0.15, 0.2) is 6.33 Å². The first-order valence-corrected chi connectivity index (χ1v) is 10.6. The van der Waals surface area contributed by atoms with Crippen LogP contribution in [0.2, 0.25) is 0 Å². The highest BCUT2D eigenvalue weighted by molar-refractivity contribution is 7.88. The molecule has 6 nitrogen and oxygen atoms in total. The summed E-state index contributed by atoms with van der Waals surface area (Å²) in [5, 5.41) is 4.50. The molecule has 0 amide bonds. The molecule has 3 rings (SSSR count). The van der Waals surface area contributed by atoms with Gasteiger partial charge in [-0.1, -0.05) is 6.92 Å². The van der Waals surface area contributed by atoms with Crippen molar-refractivity contribution in [3.63, 3.8) is 0 Å². The molecule has 1 aliphatic carbocycles. The van der Waals surface area contributed by atoms with E-state index in [0.717, 1.165) is 34.8 Å². The van der Waals surface area contributed by atoms with Gasteiger partial charge in [0.25, 0.3) is 0 Å². The minimum atomic E-state index is -3.11. The quantitative estimate of drug-likeness (QED) is 0.777. The minimum Gasteiger partial charge on any atom is -0.369 e. The van der Waals surface area contributed by atoms with Crippen LogP contribution in [0.5, 0.6) is 0 Å². The van der Waals surface area contributed by atoms with Crippen molar-refractivity contribution in [2.75, 3.05) is 24.7 Å². The summed E-state index contributed by atoms with van der Waals surface area (Å²) in [5.41, 5.74) is 1.40. The van der Waals surface area contributed by atoms with E-state index in [4.69, 9.17) is 0 Å². The molecule has 0 spiro atoms. The summed E-state index contributed by atoms with van der Waals surface area (Å²) in [4.78, 5) is 11.3. The summed E-state index contributed by atoms with van der Waals surface area (Å²) in [7, 11) is -3.11. The Labute approximate surface area is 140 Å².